The second-order valence-corrected chi connectivity index (χ2v) is 5.12. The quantitative estimate of drug-likeness (QED) is 0.667. The van der Waals surface area contributed by atoms with Crippen molar-refractivity contribution in [3.8, 4) is 0 Å². The van der Waals surface area contributed by atoms with Gasteiger partial charge in [-0.05, 0) is 18.6 Å². The molecule has 5 heteroatoms. The standard InChI is InChI=1S/C13H12BrNO3/c1-7-2-3-8(6-9(7)14)12(17)11-10(16)4-5-15-13(11)18/h2-3,6,11H,4-5H2,1H3,(H,15,18). The second kappa shape index (κ2) is 5.02. The second-order valence-electron chi connectivity index (χ2n) is 4.27. The SMILES string of the molecule is Cc1ccc(C(=O)C2C(=O)CCNC2=O)cc1Br. The van der Waals surface area contributed by atoms with Crippen LogP contribution in [0, 0.1) is 12.8 Å². The molecule has 0 aliphatic carbocycles. The molecular weight excluding hydrogens is 298 g/mol. The van der Waals surface area contributed by atoms with Gasteiger partial charge in [-0.25, -0.2) is 0 Å². The molecule has 1 amide bonds. The molecule has 1 heterocycles. The van der Waals surface area contributed by atoms with Crippen LogP contribution in [-0.4, -0.2) is 24.0 Å². The third-order valence-corrected chi connectivity index (χ3v) is 3.83. The van der Waals surface area contributed by atoms with Crippen LogP contribution in [0.25, 0.3) is 0 Å². The highest BCUT2D eigenvalue weighted by molar-refractivity contribution is 9.10. The molecule has 18 heavy (non-hydrogen) atoms. The maximum absolute atomic E-state index is 12.2. The molecule has 1 atom stereocenters. The maximum atomic E-state index is 12.2. The average Bonchev–Trinajstić information content (AvgIpc) is 2.32. The molecule has 0 aromatic heterocycles. The lowest BCUT2D eigenvalue weighted by Gasteiger charge is -2.19. The van der Waals surface area contributed by atoms with Crippen LogP contribution < -0.4 is 5.32 Å². The van der Waals surface area contributed by atoms with Gasteiger partial charge in [0, 0.05) is 23.0 Å². The molecule has 0 saturated carbocycles. The number of piperidine rings is 1. The van der Waals surface area contributed by atoms with Crippen molar-refractivity contribution in [2.75, 3.05) is 6.54 Å². The summed E-state index contributed by atoms with van der Waals surface area (Å²) in [7, 11) is 0. The summed E-state index contributed by atoms with van der Waals surface area (Å²) in [6.45, 7) is 2.22. The normalized spacial score (nSPS) is 19.6. The first-order valence-electron chi connectivity index (χ1n) is 5.61. The lowest BCUT2D eigenvalue weighted by molar-refractivity contribution is -0.134. The van der Waals surface area contributed by atoms with Gasteiger partial charge in [-0.3, -0.25) is 14.4 Å². The highest BCUT2D eigenvalue weighted by Crippen LogP contribution is 2.21. The van der Waals surface area contributed by atoms with Gasteiger partial charge >= 0.3 is 0 Å². The summed E-state index contributed by atoms with van der Waals surface area (Å²) in [5, 5.41) is 2.55. The zero-order chi connectivity index (χ0) is 13.3. The summed E-state index contributed by atoms with van der Waals surface area (Å²) in [4.78, 5) is 35.5. The summed E-state index contributed by atoms with van der Waals surface area (Å²) in [5.41, 5.74) is 1.37. The van der Waals surface area contributed by atoms with Crippen LogP contribution in [0.1, 0.15) is 22.3 Å². The van der Waals surface area contributed by atoms with Crippen molar-refractivity contribution in [1.29, 1.82) is 0 Å². The van der Waals surface area contributed by atoms with E-state index in [9.17, 15) is 14.4 Å². The Morgan fingerprint density at radius 2 is 2.11 bits per heavy atom. The zero-order valence-electron chi connectivity index (χ0n) is 9.83. The minimum atomic E-state index is -1.19. The molecule has 1 fully saturated rings. The molecule has 2 rings (SSSR count). The fourth-order valence-electron chi connectivity index (χ4n) is 1.88. The van der Waals surface area contributed by atoms with Crippen molar-refractivity contribution >= 4 is 33.4 Å². The van der Waals surface area contributed by atoms with E-state index in [0.717, 1.165) is 10.0 Å². The Kier molecular flexibility index (Phi) is 3.61. The number of halogens is 1. The largest absolute Gasteiger partial charge is 0.355 e. The number of nitrogens with one attached hydrogen (secondary N) is 1. The number of rotatable bonds is 2. The Morgan fingerprint density at radius 1 is 1.39 bits per heavy atom. The first kappa shape index (κ1) is 13.0. The van der Waals surface area contributed by atoms with Crippen molar-refractivity contribution < 1.29 is 14.4 Å². The maximum Gasteiger partial charge on any atom is 0.238 e. The number of carbonyl (C=O) groups is 3. The molecule has 4 nitrogen and oxygen atoms in total. The minimum Gasteiger partial charge on any atom is -0.355 e. The third-order valence-electron chi connectivity index (χ3n) is 2.97. The van der Waals surface area contributed by atoms with Gasteiger partial charge in [-0.2, -0.15) is 0 Å². The van der Waals surface area contributed by atoms with Gasteiger partial charge in [0.05, 0.1) is 0 Å². The number of amides is 1. The van der Waals surface area contributed by atoms with E-state index < -0.39 is 17.6 Å². The molecular formula is C13H12BrNO3. The zero-order valence-corrected chi connectivity index (χ0v) is 11.4. The topological polar surface area (TPSA) is 63.2 Å². The van der Waals surface area contributed by atoms with E-state index in [4.69, 9.17) is 0 Å². The summed E-state index contributed by atoms with van der Waals surface area (Å²) in [6, 6.07) is 5.06. The minimum absolute atomic E-state index is 0.217. The van der Waals surface area contributed by atoms with Gasteiger partial charge in [-0.1, -0.05) is 28.1 Å². The van der Waals surface area contributed by atoms with Gasteiger partial charge in [0.1, 0.15) is 0 Å². The number of hydrogen-bond acceptors (Lipinski definition) is 3. The Hall–Kier alpha value is -1.49. The van der Waals surface area contributed by atoms with E-state index in [0.29, 0.717) is 12.1 Å². The van der Waals surface area contributed by atoms with Crippen molar-refractivity contribution in [1.82, 2.24) is 5.32 Å². The smallest absolute Gasteiger partial charge is 0.238 e. The van der Waals surface area contributed by atoms with Crippen molar-refractivity contribution in [3.05, 3.63) is 33.8 Å². The van der Waals surface area contributed by atoms with E-state index in [2.05, 4.69) is 21.2 Å². The van der Waals surface area contributed by atoms with Gasteiger partial charge in [0.25, 0.3) is 0 Å². The monoisotopic (exact) mass is 309 g/mol. The lowest BCUT2D eigenvalue weighted by atomic mass is 9.89. The summed E-state index contributed by atoms with van der Waals surface area (Å²) in [5.74, 6) is -2.42. The van der Waals surface area contributed by atoms with Crippen LogP contribution in [0.2, 0.25) is 0 Å². The van der Waals surface area contributed by atoms with Gasteiger partial charge < -0.3 is 5.32 Å². The molecule has 1 N–H and O–H groups in total. The number of carbonyl (C=O) groups excluding carboxylic acids is 3. The number of benzene rings is 1. The Labute approximate surface area is 113 Å². The first-order valence-corrected chi connectivity index (χ1v) is 6.41. The van der Waals surface area contributed by atoms with E-state index in [1.54, 1.807) is 18.2 Å². The van der Waals surface area contributed by atoms with Crippen molar-refractivity contribution in [2.24, 2.45) is 5.92 Å². The van der Waals surface area contributed by atoms with Gasteiger partial charge in [-0.15, -0.1) is 0 Å². The third kappa shape index (κ3) is 2.36. The molecule has 0 spiro atoms. The fourth-order valence-corrected chi connectivity index (χ4v) is 2.26. The predicted octanol–water partition coefficient (Wildman–Crippen LogP) is 1.65. The summed E-state index contributed by atoms with van der Waals surface area (Å²) >= 11 is 3.33. The summed E-state index contributed by atoms with van der Waals surface area (Å²) in [6.07, 6.45) is 0.217. The Morgan fingerprint density at radius 3 is 2.72 bits per heavy atom. The molecule has 1 aromatic rings. The lowest BCUT2D eigenvalue weighted by Crippen LogP contribution is -2.46. The van der Waals surface area contributed by atoms with Gasteiger partial charge in [0.15, 0.2) is 17.5 Å². The van der Waals surface area contributed by atoms with E-state index >= 15 is 0 Å². The van der Waals surface area contributed by atoms with E-state index in [-0.39, 0.29) is 12.2 Å². The van der Waals surface area contributed by atoms with Crippen LogP contribution in [0.3, 0.4) is 0 Å². The number of hydrogen-bond donors (Lipinski definition) is 1. The first-order chi connectivity index (χ1) is 8.50. The van der Waals surface area contributed by atoms with Crippen LogP contribution in [0.5, 0.6) is 0 Å². The molecule has 0 radical (unpaired) electrons. The molecule has 1 aromatic carbocycles. The highest BCUT2D eigenvalue weighted by Gasteiger charge is 2.36. The number of ketones is 2. The van der Waals surface area contributed by atoms with Crippen LogP contribution >= 0.6 is 15.9 Å². The average molecular weight is 310 g/mol. The summed E-state index contributed by atoms with van der Waals surface area (Å²) < 4.78 is 0.789. The van der Waals surface area contributed by atoms with Crippen molar-refractivity contribution in [2.45, 2.75) is 13.3 Å². The molecule has 1 saturated heterocycles. The van der Waals surface area contributed by atoms with E-state index in [1.807, 2.05) is 6.92 Å². The van der Waals surface area contributed by atoms with Gasteiger partial charge in [0.2, 0.25) is 5.91 Å². The van der Waals surface area contributed by atoms with E-state index in [1.165, 1.54) is 0 Å². The molecule has 1 unspecified atom stereocenters. The Bertz CT molecular complexity index is 523. The Balaban J connectivity index is 2.32. The highest BCUT2D eigenvalue weighted by atomic mass is 79.9. The number of Topliss-reactive ketones (excluding diaryl/α,β-unsaturated/α-hetero) is 2. The van der Waals surface area contributed by atoms with Crippen LogP contribution in [0.15, 0.2) is 22.7 Å². The predicted molar refractivity (Wildman–Crippen MR) is 69.3 cm³/mol. The van der Waals surface area contributed by atoms with Crippen molar-refractivity contribution in [3.63, 3.8) is 0 Å². The molecule has 94 valence electrons. The molecule has 1 aliphatic heterocycles. The molecule has 0 bridgehead atoms. The molecule has 1 aliphatic rings. The fraction of sp³-hybridized carbons (Fsp3) is 0.308. The van der Waals surface area contributed by atoms with Crippen LogP contribution in [-0.2, 0) is 9.59 Å². The van der Waals surface area contributed by atoms with Crippen LogP contribution in [0.4, 0.5) is 0 Å². The number of aryl methyl sites for hydroxylation is 1.